The molecule has 0 saturated heterocycles. The summed E-state index contributed by atoms with van der Waals surface area (Å²) in [7, 11) is -4.13. The average Bonchev–Trinajstić information content (AvgIpc) is 2.62. The number of phosphoric ester groups is 1. The summed E-state index contributed by atoms with van der Waals surface area (Å²) >= 11 is 5.68. The lowest BCUT2D eigenvalue weighted by molar-refractivity contribution is -0.143. The molecule has 0 bridgehead atoms. The van der Waals surface area contributed by atoms with E-state index in [2.05, 4.69) is 4.52 Å². The first kappa shape index (κ1) is 26.7. The maximum Gasteiger partial charge on any atom is 0.524 e. The second kappa shape index (κ2) is 9.88. The van der Waals surface area contributed by atoms with Gasteiger partial charge in [0.15, 0.2) is 0 Å². The number of halogens is 7. The van der Waals surface area contributed by atoms with Gasteiger partial charge in [0.05, 0.1) is 16.7 Å². The van der Waals surface area contributed by atoms with E-state index in [-0.39, 0.29) is 23.2 Å². The zero-order valence-corrected chi connectivity index (χ0v) is 16.8. The van der Waals surface area contributed by atoms with Gasteiger partial charge in [-0.3, -0.25) is 14.6 Å². The largest absolute Gasteiger partial charge is 0.524 e. The number of carbonyl (C=O) groups excluding carboxylic acids is 1. The lowest BCUT2D eigenvalue weighted by atomic mass is 10.1. The van der Waals surface area contributed by atoms with Gasteiger partial charge in [0, 0.05) is 17.8 Å². The van der Waals surface area contributed by atoms with E-state index in [1.54, 1.807) is 5.32 Å². The number of anilines is 1. The minimum absolute atomic E-state index is 0.117. The molecule has 1 amide bonds. The molecule has 31 heavy (non-hydrogen) atoms. The van der Waals surface area contributed by atoms with Gasteiger partial charge in [0.2, 0.25) is 0 Å². The first-order valence-corrected chi connectivity index (χ1v) is 9.57. The molecule has 0 saturated carbocycles. The van der Waals surface area contributed by atoms with Crippen molar-refractivity contribution in [2.24, 2.45) is 0 Å². The van der Waals surface area contributed by atoms with Crippen LogP contribution in [-0.2, 0) is 16.9 Å². The smallest absolute Gasteiger partial charge is 0.403 e. The third-order valence-corrected chi connectivity index (χ3v) is 3.92. The van der Waals surface area contributed by atoms with E-state index in [4.69, 9.17) is 26.5 Å². The average molecular weight is 496 g/mol. The Balaban J connectivity index is 0.00000233. The zero-order valence-electron chi connectivity index (χ0n) is 15.1. The number of aliphatic hydroxyl groups is 1. The van der Waals surface area contributed by atoms with Crippen LogP contribution in [0.15, 0.2) is 36.4 Å². The molecule has 0 heterocycles. The molecule has 0 spiro atoms. The van der Waals surface area contributed by atoms with Crippen molar-refractivity contribution in [1.29, 1.82) is 0 Å². The highest BCUT2D eigenvalue weighted by Gasteiger charge is 2.37. The summed E-state index contributed by atoms with van der Waals surface area (Å²) in [5.41, 5.74) is -4.83. The molecule has 0 aliphatic heterocycles. The first-order valence-electron chi connectivity index (χ1n) is 7.66. The first-order chi connectivity index (χ1) is 14.1. The molecule has 15 heteroatoms. The van der Waals surface area contributed by atoms with Crippen molar-refractivity contribution in [2.75, 3.05) is 12.4 Å². The maximum absolute atomic E-state index is 12.9. The summed E-state index contributed by atoms with van der Waals surface area (Å²) in [6, 6.07) is 3.25. The third kappa shape index (κ3) is 8.04. The number of alkyl halides is 6. The highest BCUT2D eigenvalue weighted by atomic mass is 35.5. The lowest BCUT2D eigenvalue weighted by Gasteiger charge is -2.16. The Morgan fingerprint density at radius 1 is 0.968 bits per heavy atom. The molecular formula is C16H13ClF6NO6P. The van der Waals surface area contributed by atoms with Crippen LogP contribution in [0.5, 0.6) is 5.75 Å². The summed E-state index contributed by atoms with van der Waals surface area (Å²) in [6.45, 7) is 0. The fraction of sp³-hybridized carbons (Fsp3) is 0.188. The van der Waals surface area contributed by atoms with Gasteiger partial charge in [-0.1, -0.05) is 11.6 Å². The summed E-state index contributed by atoms with van der Waals surface area (Å²) in [6.07, 6.45) is -10.3. The third-order valence-electron chi connectivity index (χ3n) is 3.25. The molecule has 2 aromatic carbocycles. The Morgan fingerprint density at radius 3 is 1.87 bits per heavy atom. The Hall–Kier alpha value is -2.31. The summed E-state index contributed by atoms with van der Waals surface area (Å²) < 4.78 is 92.6. The van der Waals surface area contributed by atoms with E-state index in [1.165, 1.54) is 0 Å². The van der Waals surface area contributed by atoms with Gasteiger partial charge in [-0.2, -0.15) is 26.3 Å². The predicted octanol–water partition coefficient (Wildman–Crippen LogP) is 4.71. The van der Waals surface area contributed by atoms with E-state index >= 15 is 0 Å². The van der Waals surface area contributed by atoms with Crippen LogP contribution >= 0.6 is 19.4 Å². The van der Waals surface area contributed by atoms with Gasteiger partial charge >= 0.3 is 20.2 Å². The van der Waals surface area contributed by atoms with E-state index in [9.17, 15) is 35.7 Å². The number of nitrogens with one attached hydrogen (secondary N) is 1. The van der Waals surface area contributed by atoms with Crippen molar-refractivity contribution in [2.45, 2.75) is 12.4 Å². The Bertz CT molecular complexity index is 959. The molecule has 2 rings (SSSR count). The van der Waals surface area contributed by atoms with Crippen LogP contribution in [-0.4, -0.2) is 27.9 Å². The number of hydrogen-bond donors (Lipinski definition) is 4. The highest BCUT2D eigenvalue weighted by molar-refractivity contribution is 7.46. The number of rotatable bonds is 4. The predicted molar refractivity (Wildman–Crippen MR) is 96.7 cm³/mol. The topological polar surface area (TPSA) is 116 Å². The number of benzene rings is 2. The minimum atomic E-state index is -5.13. The van der Waals surface area contributed by atoms with Gasteiger partial charge in [-0.05, 0) is 36.4 Å². The molecule has 7 nitrogen and oxygen atoms in total. The Kier molecular flexibility index (Phi) is 8.51. The van der Waals surface area contributed by atoms with Crippen LogP contribution < -0.4 is 9.84 Å². The Labute approximate surface area is 175 Å². The quantitative estimate of drug-likeness (QED) is 0.361. The highest BCUT2D eigenvalue weighted by Crippen LogP contribution is 2.41. The van der Waals surface area contributed by atoms with Crippen LogP contribution in [0.25, 0.3) is 0 Å². The van der Waals surface area contributed by atoms with Gasteiger partial charge in [-0.25, -0.2) is 4.57 Å². The fourth-order valence-corrected chi connectivity index (χ4v) is 2.70. The number of phosphoric acid groups is 1. The standard InChI is InChI=1S/C15H9ClF6NO5P.CH4O/c16-9-1-2-12(28-29(25,26)27)11(6-9)13(24)23-10-4-7(14(17,18)19)3-8(5-10)15(20,21)22;1-2/h1-6H,(H,23,24)(H2,25,26,27);2H,1H3. The summed E-state index contributed by atoms with van der Waals surface area (Å²) in [5.74, 6) is -2.01. The van der Waals surface area contributed by atoms with E-state index in [0.29, 0.717) is 0 Å². The van der Waals surface area contributed by atoms with E-state index in [0.717, 1.165) is 25.3 Å². The Morgan fingerprint density at radius 2 is 1.45 bits per heavy atom. The minimum Gasteiger partial charge on any atom is -0.403 e. The van der Waals surface area contributed by atoms with E-state index < -0.39 is 54.2 Å². The molecule has 0 radical (unpaired) electrons. The molecule has 0 fully saturated rings. The van der Waals surface area contributed by atoms with Crippen molar-refractivity contribution in [3.63, 3.8) is 0 Å². The normalized spacial score (nSPS) is 12.0. The number of hydrogen-bond acceptors (Lipinski definition) is 4. The van der Waals surface area contributed by atoms with Crippen LogP contribution in [0, 0.1) is 0 Å². The second-order valence-corrected chi connectivity index (χ2v) is 7.07. The van der Waals surface area contributed by atoms with Crippen LogP contribution in [0.3, 0.4) is 0 Å². The van der Waals surface area contributed by atoms with Crippen LogP contribution in [0.1, 0.15) is 21.5 Å². The monoisotopic (exact) mass is 495 g/mol. The molecular weight excluding hydrogens is 483 g/mol. The van der Waals surface area contributed by atoms with Crippen LogP contribution in [0.2, 0.25) is 5.02 Å². The summed E-state index contributed by atoms with van der Waals surface area (Å²) in [5, 5.41) is 8.69. The van der Waals surface area contributed by atoms with Crippen LogP contribution in [0.4, 0.5) is 32.0 Å². The molecule has 0 aromatic heterocycles. The lowest BCUT2D eigenvalue weighted by Crippen LogP contribution is -2.16. The maximum atomic E-state index is 12.9. The van der Waals surface area contributed by atoms with Gasteiger partial charge in [0.1, 0.15) is 5.75 Å². The summed E-state index contributed by atoms with van der Waals surface area (Å²) in [4.78, 5) is 30.1. The fourth-order valence-electron chi connectivity index (χ4n) is 2.11. The zero-order chi connectivity index (χ0) is 24.2. The van der Waals surface area contributed by atoms with Crippen molar-refractivity contribution < 1.29 is 55.1 Å². The number of amides is 1. The van der Waals surface area contributed by atoms with Crippen molar-refractivity contribution in [1.82, 2.24) is 0 Å². The number of carbonyl (C=O) groups is 1. The molecule has 0 aliphatic rings. The molecule has 0 atom stereocenters. The molecule has 2 aromatic rings. The molecule has 0 unspecified atom stereocenters. The number of aliphatic hydroxyl groups excluding tert-OH is 1. The molecule has 172 valence electrons. The van der Waals surface area contributed by atoms with Crippen molar-refractivity contribution in [3.05, 3.63) is 58.1 Å². The van der Waals surface area contributed by atoms with Crippen molar-refractivity contribution >= 4 is 31.0 Å². The molecule has 4 N–H and O–H groups in total. The molecule has 0 aliphatic carbocycles. The SMILES string of the molecule is CO.O=C(Nc1cc(C(F)(F)F)cc(C(F)(F)F)c1)c1cc(Cl)ccc1OP(=O)(O)O. The van der Waals surface area contributed by atoms with E-state index in [1.807, 2.05) is 0 Å². The van der Waals surface area contributed by atoms with Gasteiger partial charge < -0.3 is 14.9 Å². The van der Waals surface area contributed by atoms with Crippen molar-refractivity contribution in [3.8, 4) is 5.75 Å². The second-order valence-electron chi connectivity index (χ2n) is 5.47. The van der Waals surface area contributed by atoms with Gasteiger partial charge in [-0.15, -0.1) is 0 Å². The van der Waals surface area contributed by atoms with Gasteiger partial charge in [0.25, 0.3) is 5.91 Å².